The van der Waals surface area contributed by atoms with Gasteiger partial charge in [0.05, 0.1) is 6.61 Å². The molecule has 3 heteroatoms. The maximum Gasteiger partial charge on any atom is 0.0587 e. The molecule has 0 aromatic carbocycles. The summed E-state index contributed by atoms with van der Waals surface area (Å²) in [6.45, 7) is 11.6. The summed E-state index contributed by atoms with van der Waals surface area (Å²) in [7, 11) is 1.76. The van der Waals surface area contributed by atoms with Crippen LogP contribution in [-0.2, 0) is 4.74 Å². The molecule has 0 aromatic heterocycles. The van der Waals surface area contributed by atoms with Crippen molar-refractivity contribution in [1.29, 1.82) is 0 Å². The van der Waals surface area contributed by atoms with Crippen LogP contribution in [0.25, 0.3) is 0 Å². The Balaban J connectivity index is 2.05. The molecular formula is C15H32N2O. The van der Waals surface area contributed by atoms with Crippen LogP contribution in [0.2, 0.25) is 0 Å². The van der Waals surface area contributed by atoms with E-state index in [1.807, 2.05) is 0 Å². The van der Waals surface area contributed by atoms with Crippen LogP contribution in [0.3, 0.4) is 0 Å². The number of likely N-dealkylation sites (tertiary alicyclic amines) is 1. The van der Waals surface area contributed by atoms with E-state index in [4.69, 9.17) is 4.74 Å². The quantitative estimate of drug-likeness (QED) is 0.641. The standard InChI is InChI=1S/C15H32N2O/c1-4-5-14(2)13-17-9-6-15(7-10-17)12-16-8-11-18-3/h14-16H,4-13H2,1-3H3. The Morgan fingerprint density at radius 1 is 1.33 bits per heavy atom. The minimum Gasteiger partial charge on any atom is -0.383 e. The molecule has 0 amide bonds. The molecule has 0 aliphatic carbocycles. The third kappa shape index (κ3) is 6.72. The predicted molar refractivity (Wildman–Crippen MR) is 78.0 cm³/mol. The average Bonchev–Trinajstić information content (AvgIpc) is 2.37. The van der Waals surface area contributed by atoms with Gasteiger partial charge in [-0.25, -0.2) is 0 Å². The van der Waals surface area contributed by atoms with Crippen molar-refractivity contribution in [2.75, 3.05) is 46.4 Å². The lowest BCUT2D eigenvalue weighted by Gasteiger charge is -2.33. The van der Waals surface area contributed by atoms with Crippen molar-refractivity contribution < 1.29 is 4.74 Å². The first-order valence-electron chi connectivity index (χ1n) is 7.68. The fourth-order valence-corrected chi connectivity index (χ4v) is 2.88. The van der Waals surface area contributed by atoms with Gasteiger partial charge in [0.2, 0.25) is 0 Å². The molecule has 0 radical (unpaired) electrons. The van der Waals surface area contributed by atoms with Crippen molar-refractivity contribution in [3.05, 3.63) is 0 Å². The van der Waals surface area contributed by atoms with Crippen molar-refractivity contribution in [1.82, 2.24) is 10.2 Å². The summed E-state index contributed by atoms with van der Waals surface area (Å²) in [5.41, 5.74) is 0. The Morgan fingerprint density at radius 2 is 2.06 bits per heavy atom. The molecule has 1 atom stereocenters. The van der Waals surface area contributed by atoms with Crippen molar-refractivity contribution in [2.45, 2.75) is 39.5 Å². The number of ether oxygens (including phenoxy) is 1. The van der Waals surface area contributed by atoms with Crippen LogP contribution in [0.15, 0.2) is 0 Å². The number of nitrogens with one attached hydrogen (secondary N) is 1. The molecule has 1 heterocycles. The molecule has 1 fully saturated rings. The molecule has 1 aliphatic heterocycles. The van der Waals surface area contributed by atoms with Crippen LogP contribution >= 0.6 is 0 Å². The Hall–Kier alpha value is -0.120. The topological polar surface area (TPSA) is 24.5 Å². The zero-order valence-electron chi connectivity index (χ0n) is 12.6. The SMILES string of the molecule is CCCC(C)CN1CCC(CNCCOC)CC1. The van der Waals surface area contributed by atoms with E-state index < -0.39 is 0 Å². The molecule has 1 rings (SSSR count). The number of nitrogens with zero attached hydrogens (tertiary/aromatic N) is 1. The van der Waals surface area contributed by atoms with Crippen LogP contribution in [0.1, 0.15) is 39.5 Å². The third-order valence-corrected chi connectivity index (χ3v) is 3.97. The van der Waals surface area contributed by atoms with Gasteiger partial charge < -0.3 is 15.0 Å². The fraction of sp³-hybridized carbons (Fsp3) is 1.00. The Kier molecular flexibility index (Phi) is 8.64. The zero-order valence-corrected chi connectivity index (χ0v) is 12.6. The minimum absolute atomic E-state index is 0.827. The highest BCUT2D eigenvalue weighted by molar-refractivity contribution is 4.75. The third-order valence-electron chi connectivity index (χ3n) is 3.97. The molecule has 3 nitrogen and oxygen atoms in total. The van der Waals surface area contributed by atoms with Gasteiger partial charge >= 0.3 is 0 Å². The maximum absolute atomic E-state index is 5.04. The van der Waals surface area contributed by atoms with Gasteiger partial charge in [0.1, 0.15) is 0 Å². The molecule has 0 bridgehead atoms. The smallest absolute Gasteiger partial charge is 0.0587 e. The lowest BCUT2D eigenvalue weighted by Crippen LogP contribution is -2.39. The van der Waals surface area contributed by atoms with Gasteiger partial charge in [0, 0.05) is 20.2 Å². The van der Waals surface area contributed by atoms with E-state index in [9.17, 15) is 0 Å². The summed E-state index contributed by atoms with van der Waals surface area (Å²) in [6, 6.07) is 0. The van der Waals surface area contributed by atoms with Crippen molar-refractivity contribution in [3.63, 3.8) is 0 Å². The summed E-state index contributed by atoms with van der Waals surface area (Å²) in [6.07, 6.45) is 5.41. The van der Waals surface area contributed by atoms with Gasteiger partial charge in [-0.2, -0.15) is 0 Å². The highest BCUT2D eigenvalue weighted by atomic mass is 16.5. The molecule has 1 aliphatic rings. The summed E-state index contributed by atoms with van der Waals surface area (Å²) in [5, 5.41) is 3.49. The van der Waals surface area contributed by atoms with Crippen LogP contribution in [0, 0.1) is 11.8 Å². The predicted octanol–water partition coefficient (Wildman–Crippen LogP) is 2.37. The molecule has 0 saturated carbocycles. The van der Waals surface area contributed by atoms with Gasteiger partial charge in [0.15, 0.2) is 0 Å². The normalized spacial score (nSPS) is 20.2. The van der Waals surface area contributed by atoms with E-state index in [1.165, 1.54) is 51.9 Å². The summed E-state index contributed by atoms with van der Waals surface area (Å²) < 4.78 is 5.04. The van der Waals surface area contributed by atoms with Gasteiger partial charge in [-0.3, -0.25) is 0 Å². The molecule has 108 valence electrons. The molecule has 18 heavy (non-hydrogen) atoms. The van der Waals surface area contributed by atoms with Crippen LogP contribution in [0.4, 0.5) is 0 Å². The molecule has 1 saturated heterocycles. The minimum atomic E-state index is 0.827. The van der Waals surface area contributed by atoms with E-state index in [0.717, 1.165) is 25.0 Å². The van der Waals surface area contributed by atoms with Crippen LogP contribution in [-0.4, -0.2) is 51.3 Å². The van der Waals surface area contributed by atoms with Gasteiger partial charge in [-0.05, 0) is 50.7 Å². The summed E-state index contributed by atoms with van der Waals surface area (Å²) in [4.78, 5) is 2.66. The number of methoxy groups -OCH3 is 1. The second-order valence-electron chi connectivity index (χ2n) is 5.83. The first kappa shape index (κ1) is 15.9. The lowest BCUT2D eigenvalue weighted by atomic mass is 9.95. The second-order valence-corrected chi connectivity index (χ2v) is 5.83. The van der Waals surface area contributed by atoms with Crippen molar-refractivity contribution >= 4 is 0 Å². The van der Waals surface area contributed by atoms with Crippen LogP contribution < -0.4 is 5.32 Å². The highest BCUT2D eigenvalue weighted by Gasteiger charge is 2.19. The molecule has 0 aromatic rings. The summed E-state index contributed by atoms with van der Waals surface area (Å²) >= 11 is 0. The van der Waals surface area contributed by atoms with E-state index in [2.05, 4.69) is 24.1 Å². The molecular weight excluding hydrogens is 224 g/mol. The number of piperidine rings is 1. The van der Waals surface area contributed by atoms with Crippen LogP contribution in [0.5, 0.6) is 0 Å². The first-order valence-corrected chi connectivity index (χ1v) is 7.68. The van der Waals surface area contributed by atoms with Crippen molar-refractivity contribution in [2.24, 2.45) is 11.8 Å². The first-order chi connectivity index (χ1) is 8.76. The lowest BCUT2D eigenvalue weighted by molar-refractivity contribution is 0.156. The van der Waals surface area contributed by atoms with Crippen molar-refractivity contribution in [3.8, 4) is 0 Å². The Labute approximate surface area is 113 Å². The largest absolute Gasteiger partial charge is 0.383 e. The number of hydrogen-bond acceptors (Lipinski definition) is 3. The fourth-order valence-electron chi connectivity index (χ4n) is 2.88. The molecule has 1 unspecified atom stereocenters. The van der Waals surface area contributed by atoms with Gasteiger partial charge in [-0.15, -0.1) is 0 Å². The summed E-state index contributed by atoms with van der Waals surface area (Å²) in [5.74, 6) is 1.74. The van der Waals surface area contributed by atoms with E-state index in [-0.39, 0.29) is 0 Å². The molecule has 0 spiro atoms. The number of hydrogen-bond donors (Lipinski definition) is 1. The zero-order chi connectivity index (χ0) is 13.2. The van der Waals surface area contributed by atoms with Gasteiger partial charge in [0.25, 0.3) is 0 Å². The second kappa shape index (κ2) is 9.76. The number of rotatable bonds is 9. The van der Waals surface area contributed by atoms with E-state index in [0.29, 0.717) is 0 Å². The van der Waals surface area contributed by atoms with E-state index >= 15 is 0 Å². The maximum atomic E-state index is 5.04. The van der Waals surface area contributed by atoms with E-state index in [1.54, 1.807) is 7.11 Å². The van der Waals surface area contributed by atoms with Gasteiger partial charge in [-0.1, -0.05) is 20.3 Å². The Morgan fingerprint density at radius 3 is 2.67 bits per heavy atom. The Bertz CT molecular complexity index is 191. The monoisotopic (exact) mass is 256 g/mol. The average molecular weight is 256 g/mol. The molecule has 1 N–H and O–H groups in total. The highest BCUT2D eigenvalue weighted by Crippen LogP contribution is 2.18.